The quantitative estimate of drug-likeness (QED) is 0.365. The van der Waals surface area contributed by atoms with Gasteiger partial charge in [-0.15, -0.1) is 24.0 Å². The molecule has 0 amide bonds. The van der Waals surface area contributed by atoms with Crippen LogP contribution < -0.4 is 10.6 Å². The summed E-state index contributed by atoms with van der Waals surface area (Å²) in [6, 6.07) is 10.4. The van der Waals surface area contributed by atoms with E-state index in [-0.39, 0.29) is 29.5 Å². The molecule has 2 saturated heterocycles. The lowest BCUT2D eigenvalue weighted by atomic mass is 9.95. The fourth-order valence-corrected chi connectivity index (χ4v) is 4.96. The van der Waals surface area contributed by atoms with E-state index in [0.717, 1.165) is 45.4 Å². The van der Waals surface area contributed by atoms with E-state index in [9.17, 15) is 0 Å². The van der Waals surface area contributed by atoms with Gasteiger partial charge in [0.2, 0.25) is 0 Å². The maximum atomic E-state index is 5.55. The zero-order chi connectivity index (χ0) is 17.4. The van der Waals surface area contributed by atoms with Crippen molar-refractivity contribution < 1.29 is 4.74 Å². The highest BCUT2D eigenvalue weighted by atomic mass is 127. The summed E-state index contributed by atoms with van der Waals surface area (Å²) in [4.78, 5) is 7.39. The highest BCUT2D eigenvalue weighted by molar-refractivity contribution is 14.0. The molecule has 0 radical (unpaired) electrons. The zero-order valence-electron chi connectivity index (χ0n) is 15.6. The third-order valence-electron chi connectivity index (χ3n) is 4.96. The Hall–Kier alpha value is -0.510. The maximum Gasteiger partial charge on any atom is 0.191 e. The van der Waals surface area contributed by atoms with Crippen molar-refractivity contribution in [1.29, 1.82) is 0 Å². The Morgan fingerprint density at radius 2 is 2.00 bits per heavy atom. The number of nitrogens with one attached hydrogen (secondary N) is 2. The molecule has 3 rings (SSSR count). The molecule has 0 bridgehead atoms. The number of thioether (sulfide) groups is 1. The highest BCUT2D eigenvalue weighted by Gasteiger charge is 2.40. The largest absolute Gasteiger partial charge is 0.379 e. The maximum absolute atomic E-state index is 5.55. The van der Waals surface area contributed by atoms with Crippen LogP contribution in [-0.2, 0) is 11.3 Å². The average molecular weight is 490 g/mol. The second-order valence-corrected chi connectivity index (χ2v) is 7.77. The molecular weight excluding hydrogens is 459 g/mol. The smallest absolute Gasteiger partial charge is 0.191 e. The lowest BCUT2D eigenvalue weighted by Gasteiger charge is -2.43. The molecule has 2 aliphatic heterocycles. The number of aliphatic imine (C=N–C) groups is 1. The minimum absolute atomic E-state index is 0. The SMILES string of the molecule is CCNC(=NCc1ccccc1)NCC1(N2CCOCC2)CCSC1.I. The van der Waals surface area contributed by atoms with Crippen LogP contribution >= 0.6 is 35.7 Å². The topological polar surface area (TPSA) is 48.9 Å². The molecule has 0 saturated carbocycles. The molecular formula is C19H31IN4OS. The lowest BCUT2D eigenvalue weighted by molar-refractivity contribution is -0.0120. The van der Waals surface area contributed by atoms with Crippen molar-refractivity contribution >= 4 is 41.7 Å². The number of hydrogen-bond donors (Lipinski definition) is 2. The molecule has 1 aromatic carbocycles. The van der Waals surface area contributed by atoms with Crippen molar-refractivity contribution in [3.8, 4) is 0 Å². The van der Waals surface area contributed by atoms with Gasteiger partial charge in [0.25, 0.3) is 0 Å². The van der Waals surface area contributed by atoms with Crippen molar-refractivity contribution in [2.24, 2.45) is 4.99 Å². The van der Waals surface area contributed by atoms with Crippen LogP contribution in [0.25, 0.3) is 0 Å². The Balaban J connectivity index is 0.00000243. The van der Waals surface area contributed by atoms with Gasteiger partial charge >= 0.3 is 0 Å². The number of nitrogens with zero attached hydrogens (tertiary/aromatic N) is 2. The second kappa shape index (κ2) is 11.4. The number of hydrogen-bond acceptors (Lipinski definition) is 4. The molecule has 0 aliphatic carbocycles. The van der Waals surface area contributed by atoms with Crippen LogP contribution in [0.15, 0.2) is 35.3 Å². The summed E-state index contributed by atoms with van der Waals surface area (Å²) in [6.07, 6.45) is 1.24. The fourth-order valence-electron chi connectivity index (χ4n) is 3.48. The summed E-state index contributed by atoms with van der Waals surface area (Å²) < 4.78 is 5.55. The van der Waals surface area contributed by atoms with Crippen LogP contribution in [0.3, 0.4) is 0 Å². The van der Waals surface area contributed by atoms with Gasteiger partial charge in [0.15, 0.2) is 5.96 Å². The number of benzene rings is 1. The van der Waals surface area contributed by atoms with E-state index >= 15 is 0 Å². The van der Waals surface area contributed by atoms with Gasteiger partial charge in [-0.25, -0.2) is 4.99 Å². The molecule has 2 N–H and O–H groups in total. The van der Waals surface area contributed by atoms with E-state index in [2.05, 4.69) is 58.5 Å². The van der Waals surface area contributed by atoms with E-state index in [4.69, 9.17) is 9.73 Å². The van der Waals surface area contributed by atoms with E-state index in [1.54, 1.807) is 0 Å². The summed E-state index contributed by atoms with van der Waals surface area (Å²) >= 11 is 2.07. The van der Waals surface area contributed by atoms with Crippen LogP contribution in [0.5, 0.6) is 0 Å². The van der Waals surface area contributed by atoms with Gasteiger partial charge in [-0.05, 0) is 24.7 Å². The zero-order valence-corrected chi connectivity index (χ0v) is 18.7. The summed E-state index contributed by atoms with van der Waals surface area (Å²) in [5, 5.41) is 7.00. The van der Waals surface area contributed by atoms with Crippen molar-refractivity contribution in [3.63, 3.8) is 0 Å². The van der Waals surface area contributed by atoms with Gasteiger partial charge in [0.05, 0.1) is 19.8 Å². The third-order valence-corrected chi connectivity index (χ3v) is 6.19. The standard InChI is InChI=1S/C19H30N4OS.HI/c1-2-20-18(21-14-17-6-4-3-5-7-17)22-15-19(8-13-25-16-19)23-9-11-24-12-10-23;/h3-7H,2,8-16H2,1H3,(H2,20,21,22);1H. The fraction of sp³-hybridized carbons (Fsp3) is 0.632. The average Bonchev–Trinajstić information content (AvgIpc) is 3.16. The van der Waals surface area contributed by atoms with E-state index < -0.39 is 0 Å². The molecule has 5 nitrogen and oxygen atoms in total. The van der Waals surface area contributed by atoms with Crippen molar-refractivity contribution in [3.05, 3.63) is 35.9 Å². The highest BCUT2D eigenvalue weighted by Crippen LogP contribution is 2.33. The number of morpholine rings is 1. The molecule has 1 atom stereocenters. The summed E-state index contributed by atoms with van der Waals surface area (Å²) in [6.45, 7) is 8.43. The molecule has 0 spiro atoms. The summed E-state index contributed by atoms with van der Waals surface area (Å²) in [7, 11) is 0. The minimum atomic E-state index is 0. The molecule has 26 heavy (non-hydrogen) atoms. The molecule has 2 aliphatic rings. The first-order valence-electron chi connectivity index (χ1n) is 9.29. The minimum Gasteiger partial charge on any atom is -0.379 e. The van der Waals surface area contributed by atoms with Crippen LogP contribution in [0.1, 0.15) is 18.9 Å². The molecule has 0 aromatic heterocycles. The lowest BCUT2D eigenvalue weighted by Crippen LogP contribution is -2.60. The van der Waals surface area contributed by atoms with Gasteiger partial charge in [-0.2, -0.15) is 11.8 Å². The van der Waals surface area contributed by atoms with Gasteiger partial charge in [0, 0.05) is 37.5 Å². The predicted octanol–water partition coefficient (Wildman–Crippen LogP) is 2.57. The number of ether oxygens (including phenoxy) is 1. The second-order valence-electron chi connectivity index (χ2n) is 6.66. The van der Waals surface area contributed by atoms with Crippen molar-refractivity contribution in [2.75, 3.05) is 50.9 Å². The van der Waals surface area contributed by atoms with Gasteiger partial charge < -0.3 is 15.4 Å². The Kier molecular flexibility index (Phi) is 9.52. The summed E-state index contributed by atoms with van der Waals surface area (Å²) in [5.41, 5.74) is 1.47. The first kappa shape index (κ1) is 21.8. The van der Waals surface area contributed by atoms with E-state index in [0.29, 0.717) is 6.54 Å². The van der Waals surface area contributed by atoms with Crippen molar-refractivity contribution in [2.45, 2.75) is 25.4 Å². The van der Waals surface area contributed by atoms with Crippen LogP contribution in [0, 0.1) is 0 Å². The van der Waals surface area contributed by atoms with Crippen LogP contribution in [0.2, 0.25) is 0 Å². The summed E-state index contributed by atoms with van der Waals surface area (Å²) in [5.74, 6) is 3.35. The third kappa shape index (κ3) is 6.00. The van der Waals surface area contributed by atoms with Gasteiger partial charge in [0.1, 0.15) is 0 Å². The molecule has 1 aromatic rings. The molecule has 2 heterocycles. The monoisotopic (exact) mass is 490 g/mol. The van der Waals surface area contributed by atoms with Gasteiger partial charge in [-0.1, -0.05) is 30.3 Å². The first-order chi connectivity index (χ1) is 12.3. The number of halogens is 1. The first-order valence-corrected chi connectivity index (χ1v) is 10.4. The predicted molar refractivity (Wildman–Crippen MR) is 122 cm³/mol. The number of rotatable bonds is 6. The molecule has 146 valence electrons. The number of guanidine groups is 1. The Bertz CT molecular complexity index is 546. The molecule has 1 unspecified atom stereocenters. The Labute approximate surface area is 178 Å². The van der Waals surface area contributed by atoms with Gasteiger partial charge in [-0.3, -0.25) is 4.90 Å². The van der Waals surface area contributed by atoms with E-state index in [1.807, 2.05) is 6.07 Å². The molecule has 7 heteroatoms. The Morgan fingerprint density at radius 1 is 1.23 bits per heavy atom. The van der Waals surface area contributed by atoms with Crippen LogP contribution in [0.4, 0.5) is 0 Å². The van der Waals surface area contributed by atoms with Crippen LogP contribution in [-0.4, -0.2) is 67.3 Å². The Morgan fingerprint density at radius 3 is 2.65 bits per heavy atom. The van der Waals surface area contributed by atoms with E-state index in [1.165, 1.54) is 23.5 Å². The molecule has 2 fully saturated rings. The normalized spacial score (nSPS) is 24.1. The van der Waals surface area contributed by atoms with Crippen molar-refractivity contribution in [1.82, 2.24) is 15.5 Å².